The maximum Gasteiger partial charge on any atom is 0.0130 e. The smallest absolute Gasteiger partial charge is 0.0130 e. The van der Waals surface area contributed by atoms with Crippen LogP contribution in [-0.4, -0.2) is 0 Å². The molecule has 0 N–H and O–H groups in total. The van der Waals surface area contributed by atoms with Gasteiger partial charge >= 0.3 is 0 Å². The summed E-state index contributed by atoms with van der Waals surface area (Å²) >= 11 is 0. The van der Waals surface area contributed by atoms with Gasteiger partial charge in [-0.25, -0.2) is 0 Å². The summed E-state index contributed by atoms with van der Waals surface area (Å²) in [5.74, 6) is 0. The van der Waals surface area contributed by atoms with E-state index in [0.29, 0.717) is 5.41 Å². The molecular weight excluding hydrogens is 156 g/mol. The highest BCUT2D eigenvalue weighted by atomic mass is 14.4. The number of benzene rings is 1. The van der Waals surface area contributed by atoms with E-state index in [2.05, 4.69) is 43.8 Å². The Labute approximate surface area is 80.3 Å². The fourth-order valence-electron chi connectivity index (χ4n) is 1.85. The van der Waals surface area contributed by atoms with Crippen LogP contribution >= 0.6 is 0 Å². The Morgan fingerprint density at radius 2 is 2.23 bits per heavy atom. The summed E-state index contributed by atoms with van der Waals surface area (Å²) in [6.45, 7) is 6.13. The van der Waals surface area contributed by atoms with E-state index in [4.69, 9.17) is 0 Å². The molecule has 0 bridgehead atoms. The van der Waals surface area contributed by atoms with Gasteiger partial charge in [0.25, 0.3) is 0 Å². The van der Waals surface area contributed by atoms with Gasteiger partial charge in [0.05, 0.1) is 0 Å². The van der Waals surface area contributed by atoms with Crippen molar-refractivity contribution in [3.05, 3.63) is 48.0 Å². The first-order valence-electron chi connectivity index (χ1n) is 5.04. The Morgan fingerprint density at radius 3 is 2.77 bits per heavy atom. The number of hydrogen-bond donors (Lipinski definition) is 0. The highest BCUT2D eigenvalue weighted by molar-refractivity contribution is 5.38. The summed E-state index contributed by atoms with van der Waals surface area (Å²) < 4.78 is 0. The van der Waals surface area contributed by atoms with Crippen LogP contribution in [0, 0.1) is 0 Å². The van der Waals surface area contributed by atoms with E-state index < -0.39 is 0 Å². The van der Waals surface area contributed by atoms with Crippen molar-refractivity contribution in [2.24, 2.45) is 0 Å². The molecule has 0 nitrogen and oxygen atoms in total. The maximum absolute atomic E-state index is 3.93. The minimum absolute atomic E-state index is 0.338. The number of aryl methyl sites for hydroxylation is 1. The molecule has 1 aromatic rings. The molecule has 0 radical (unpaired) electrons. The van der Waals surface area contributed by atoms with Gasteiger partial charge in [-0.2, -0.15) is 0 Å². The van der Waals surface area contributed by atoms with Crippen molar-refractivity contribution in [3.8, 4) is 0 Å². The predicted molar refractivity (Wildman–Crippen MR) is 56.9 cm³/mol. The fourth-order valence-corrected chi connectivity index (χ4v) is 1.85. The van der Waals surface area contributed by atoms with Crippen LogP contribution in [0.5, 0.6) is 0 Å². The fraction of sp³-hybridized carbons (Fsp3) is 0.385. The van der Waals surface area contributed by atoms with Gasteiger partial charge in [0.15, 0.2) is 0 Å². The van der Waals surface area contributed by atoms with Gasteiger partial charge in [-0.3, -0.25) is 0 Å². The van der Waals surface area contributed by atoms with E-state index in [1.807, 2.05) is 0 Å². The van der Waals surface area contributed by atoms with Crippen LogP contribution in [0.15, 0.2) is 36.9 Å². The normalized spacial score (nSPS) is 18.2. The molecular formula is C13H16. The summed E-state index contributed by atoms with van der Waals surface area (Å²) in [6.07, 6.45) is 5.80. The average molecular weight is 172 g/mol. The molecule has 1 saturated carbocycles. The Hall–Kier alpha value is -1.04. The van der Waals surface area contributed by atoms with E-state index in [-0.39, 0.29) is 0 Å². The number of rotatable bonds is 3. The Balaban J connectivity index is 2.35. The highest BCUT2D eigenvalue weighted by Crippen LogP contribution is 2.49. The predicted octanol–water partition coefficient (Wildman–Crippen LogP) is 3.47. The Kier molecular flexibility index (Phi) is 1.99. The van der Waals surface area contributed by atoms with Crippen molar-refractivity contribution < 1.29 is 0 Å². The molecule has 1 aromatic carbocycles. The minimum Gasteiger partial charge on any atom is -0.102 e. The first-order valence-corrected chi connectivity index (χ1v) is 5.04. The van der Waals surface area contributed by atoms with Crippen molar-refractivity contribution in [2.45, 2.75) is 31.6 Å². The molecule has 68 valence electrons. The molecule has 1 aliphatic rings. The molecule has 0 amide bonds. The van der Waals surface area contributed by atoms with Crippen LogP contribution in [0.1, 0.15) is 30.9 Å². The van der Waals surface area contributed by atoms with Crippen molar-refractivity contribution >= 4 is 0 Å². The molecule has 0 spiro atoms. The standard InChI is InChI=1S/C13H16/c1-3-11-6-5-7-12(10-11)13(4-2)8-9-13/h4-7,10H,2-3,8-9H2,1H3. The quantitative estimate of drug-likeness (QED) is 0.612. The molecule has 0 unspecified atom stereocenters. The minimum atomic E-state index is 0.338. The molecule has 0 heteroatoms. The number of allylic oxidation sites excluding steroid dienone is 1. The second kappa shape index (κ2) is 3.02. The van der Waals surface area contributed by atoms with E-state index in [9.17, 15) is 0 Å². The zero-order valence-electron chi connectivity index (χ0n) is 8.22. The van der Waals surface area contributed by atoms with Crippen LogP contribution < -0.4 is 0 Å². The number of hydrogen-bond acceptors (Lipinski definition) is 0. The first kappa shape index (κ1) is 8.55. The molecule has 0 aliphatic heterocycles. The Bertz CT molecular complexity index is 319. The molecule has 1 aliphatic carbocycles. The molecule has 0 atom stereocenters. The van der Waals surface area contributed by atoms with Crippen LogP contribution in [0.25, 0.3) is 0 Å². The van der Waals surface area contributed by atoms with Gasteiger partial charge in [0, 0.05) is 5.41 Å². The lowest BCUT2D eigenvalue weighted by molar-refractivity contribution is 0.889. The van der Waals surface area contributed by atoms with Gasteiger partial charge in [-0.1, -0.05) is 37.3 Å². The van der Waals surface area contributed by atoms with Gasteiger partial charge < -0.3 is 0 Å². The SMILES string of the molecule is C=CC1(c2cccc(CC)c2)CC1. The van der Waals surface area contributed by atoms with E-state index >= 15 is 0 Å². The third-order valence-corrected chi connectivity index (χ3v) is 3.09. The summed E-state index contributed by atoms with van der Waals surface area (Å²) in [5, 5.41) is 0. The summed E-state index contributed by atoms with van der Waals surface area (Å²) in [5.41, 5.74) is 3.23. The lowest BCUT2D eigenvalue weighted by Crippen LogP contribution is -2.01. The summed E-state index contributed by atoms with van der Waals surface area (Å²) in [7, 11) is 0. The van der Waals surface area contributed by atoms with Crippen molar-refractivity contribution in [1.82, 2.24) is 0 Å². The molecule has 0 saturated heterocycles. The monoisotopic (exact) mass is 172 g/mol. The van der Waals surface area contributed by atoms with Gasteiger partial charge in [0.1, 0.15) is 0 Å². The van der Waals surface area contributed by atoms with Crippen LogP contribution in [-0.2, 0) is 11.8 Å². The molecule has 1 fully saturated rings. The average Bonchev–Trinajstić information content (AvgIpc) is 2.99. The third kappa shape index (κ3) is 1.41. The van der Waals surface area contributed by atoms with E-state index in [1.54, 1.807) is 0 Å². The van der Waals surface area contributed by atoms with Gasteiger partial charge in [-0.05, 0) is 30.4 Å². The van der Waals surface area contributed by atoms with Crippen molar-refractivity contribution in [1.29, 1.82) is 0 Å². The summed E-state index contributed by atoms with van der Waals surface area (Å²) in [4.78, 5) is 0. The van der Waals surface area contributed by atoms with Crippen LogP contribution in [0.3, 0.4) is 0 Å². The van der Waals surface area contributed by atoms with Crippen LogP contribution in [0.2, 0.25) is 0 Å². The maximum atomic E-state index is 3.93. The third-order valence-electron chi connectivity index (χ3n) is 3.09. The molecule has 13 heavy (non-hydrogen) atoms. The van der Waals surface area contributed by atoms with Gasteiger partial charge in [-0.15, -0.1) is 6.58 Å². The molecule has 0 heterocycles. The zero-order chi connectivity index (χ0) is 9.31. The summed E-state index contributed by atoms with van der Waals surface area (Å²) in [6, 6.07) is 8.92. The molecule has 2 rings (SSSR count). The lowest BCUT2D eigenvalue weighted by Gasteiger charge is -2.10. The lowest BCUT2D eigenvalue weighted by atomic mass is 9.94. The highest BCUT2D eigenvalue weighted by Gasteiger charge is 2.40. The zero-order valence-corrected chi connectivity index (χ0v) is 8.22. The van der Waals surface area contributed by atoms with Gasteiger partial charge in [0.2, 0.25) is 0 Å². The van der Waals surface area contributed by atoms with Crippen molar-refractivity contribution in [2.75, 3.05) is 0 Å². The van der Waals surface area contributed by atoms with E-state index in [0.717, 1.165) is 6.42 Å². The van der Waals surface area contributed by atoms with Crippen LogP contribution in [0.4, 0.5) is 0 Å². The largest absolute Gasteiger partial charge is 0.102 e. The first-order chi connectivity index (χ1) is 6.30. The van der Waals surface area contributed by atoms with Crippen molar-refractivity contribution in [3.63, 3.8) is 0 Å². The second-order valence-electron chi connectivity index (χ2n) is 3.91. The Morgan fingerprint density at radius 1 is 1.46 bits per heavy atom. The second-order valence-corrected chi connectivity index (χ2v) is 3.91. The van der Waals surface area contributed by atoms with E-state index in [1.165, 1.54) is 24.0 Å². The topological polar surface area (TPSA) is 0 Å². The molecule has 0 aromatic heterocycles.